The monoisotopic (exact) mass is 145 g/mol. The van der Waals surface area contributed by atoms with Crippen LogP contribution >= 0.6 is 0 Å². The fourth-order valence-corrected chi connectivity index (χ4v) is 0.854. The number of nitriles is 1. The summed E-state index contributed by atoms with van der Waals surface area (Å²) in [5.74, 6) is 0. The van der Waals surface area contributed by atoms with Gasteiger partial charge in [-0.05, 0) is 5.56 Å². The van der Waals surface area contributed by atoms with Gasteiger partial charge in [-0.25, -0.2) is 0 Å². The summed E-state index contributed by atoms with van der Waals surface area (Å²) in [7, 11) is 0.0623. The minimum atomic E-state index is 0.0623. The van der Waals surface area contributed by atoms with E-state index in [9.17, 15) is 0 Å². The molecule has 54 valence electrons. The zero-order chi connectivity index (χ0) is 8.10. The van der Waals surface area contributed by atoms with Crippen LogP contribution in [-0.4, -0.2) is 12.5 Å². The molecular weight excluding hydrogens is 137 g/mol. The lowest BCUT2D eigenvalue weighted by atomic mass is 9.88. The molecule has 0 aliphatic rings. The molecule has 0 heterocycles. The third kappa shape index (κ3) is 2.10. The predicted molar refractivity (Wildman–Crippen MR) is 44.8 cm³/mol. The van der Waals surface area contributed by atoms with E-state index in [-0.39, 0.29) is 7.48 Å². The molecule has 1 aromatic carbocycles. The van der Waals surface area contributed by atoms with E-state index < -0.39 is 0 Å². The number of nitrogens with zero attached hydrogens (tertiary/aromatic N) is 1. The lowest BCUT2D eigenvalue weighted by molar-refractivity contribution is 0.615. The molecule has 0 atom stereocenters. The van der Waals surface area contributed by atoms with Crippen LogP contribution in [0.15, 0.2) is 24.3 Å². The summed E-state index contributed by atoms with van der Waals surface area (Å²) in [6.45, 7) is 0. The summed E-state index contributed by atoms with van der Waals surface area (Å²) < 4.78 is 0. The second-order valence-corrected chi connectivity index (χ2v) is 2.31. The first kappa shape index (κ1) is 7.84. The largest absolute Gasteiger partial charge is 0.449 e. The van der Waals surface area contributed by atoms with Gasteiger partial charge in [-0.1, -0.05) is 29.7 Å². The van der Waals surface area contributed by atoms with Crippen molar-refractivity contribution < 1.29 is 5.02 Å². The lowest BCUT2D eigenvalue weighted by Crippen LogP contribution is -2.12. The molecule has 3 heteroatoms. The van der Waals surface area contributed by atoms with Crippen molar-refractivity contribution in [3.63, 3.8) is 0 Å². The summed E-state index contributed by atoms with van der Waals surface area (Å²) in [6.07, 6.45) is 0.436. The third-order valence-corrected chi connectivity index (χ3v) is 1.49. The maximum absolute atomic E-state index is 8.69. The summed E-state index contributed by atoms with van der Waals surface area (Å²) in [6, 6.07) is 9.42. The van der Waals surface area contributed by atoms with E-state index in [1.54, 1.807) is 0 Å². The topological polar surface area (TPSA) is 44.0 Å². The van der Waals surface area contributed by atoms with Crippen molar-refractivity contribution in [3.05, 3.63) is 29.8 Å². The van der Waals surface area contributed by atoms with Gasteiger partial charge in [0.15, 0.2) is 0 Å². The molecular formula is C8H8BNO. The van der Waals surface area contributed by atoms with Crippen LogP contribution in [0.3, 0.4) is 0 Å². The molecule has 1 aromatic rings. The average molecular weight is 145 g/mol. The van der Waals surface area contributed by atoms with Crippen LogP contribution in [-0.2, 0) is 6.42 Å². The summed E-state index contributed by atoms with van der Waals surface area (Å²) >= 11 is 0. The van der Waals surface area contributed by atoms with E-state index in [1.165, 1.54) is 0 Å². The van der Waals surface area contributed by atoms with Gasteiger partial charge >= 0.3 is 7.48 Å². The minimum absolute atomic E-state index is 0.0623. The highest BCUT2D eigenvalue weighted by Crippen LogP contribution is 1.96. The number of hydrogen-bond acceptors (Lipinski definition) is 2. The van der Waals surface area contributed by atoms with Crippen molar-refractivity contribution in [2.75, 3.05) is 0 Å². The Morgan fingerprint density at radius 3 is 2.45 bits per heavy atom. The van der Waals surface area contributed by atoms with E-state index in [4.69, 9.17) is 10.3 Å². The summed E-state index contributed by atoms with van der Waals surface area (Å²) in [4.78, 5) is 0. The maximum Gasteiger partial charge on any atom is 0.304 e. The molecule has 0 unspecified atom stereocenters. The molecule has 0 spiro atoms. The molecule has 2 nitrogen and oxygen atoms in total. The molecule has 0 aliphatic heterocycles. The molecule has 0 amide bonds. The first-order valence-corrected chi connectivity index (χ1v) is 3.42. The van der Waals surface area contributed by atoms with Gasteiger partial charge in [-0.2, -0.15) is 5.26 Å². The molecule has 1 N–H and O–H groups in total. The molecule has 0 aromatic heterocycles. The van der Waals surface area contributed by atoms with Crippen molar-refractivity contribution in [2.24, 2.45) is 0 Å². The van der Waals surface area contributed by atoms with E-state index in [2.05, 4.69) is 6.07 Å². The SMILES string of the molecule is N#CCc1ccc(BO)cc1. The highest BCUT2D eigenvalue weighted by molar-refractivity contribution is 6.45. The van der Waals surface area contributed by atoms with Gasteiger partial charge in [0, 0.05) is 0 Å². The Morgan fingerprint density at radius 1 is 1.36 bits per heavy atom. The van der Waals surface area contributed by atoms with Gasteiger partial charge in [0.25, 0.3) is 0 Å². The predicted octanol–water partition coefficient (Wildman–Crippen LogP) is -0.278. The van der Waals surface area contributed by atoms with Gasteiger partial charge in [-0.3, -0.25) is 0 Å². The Labute approximate surface area is 66.4 Å². The summed E-state index contributed by atoms with van der Waals surface area (Å²) in [5.41, 5.74) is 1.87. The lowest BCUT2D eigenvalue weighted by Gasteiger charge is -1.95. The van der Waals surface area contributed by atoms with E-state index in [0.717, 1.165) is 11.0 Å². The zero-order valence-electron chi connectivity index (χ0n) is 6.12. The molecule has 0 saturated carbocycles. The molecule has 1 rings (SSSR count). The first-order valence-electron chi connectivity index (χ1n) is 3.42. The molecule has 11 heavy (non-hydrogen) atoms. The van der Waals surface area contributed by atoms with Crippen LogP contribution in [0.1, 0.15) is 5.56 Å². The normalized spacial score (nSPS) is 8.73. The molecule has 0 bridgehead atoms. The van der Waals surface area contributed by atoms with Gasteiger partial charge in [-0.15, -0.1) is 0 Å². The highest BCUT2D eigenvalue weighted by atomic mass is 16.2. The average Bonchev–Trinajstić information content (AvgIpc) is 2.07. The molecule has 0 radical (unpaired) electrons. The van der Waals surface area contributed by atoms with E-state index in [0.29, 0.717) is 6.42 Å². The van der Waals surface area contributed by atoms with Crippen LogP contribution in [0.5, 0.6) is 0 Å². The van der Waals surface area contributed by atoms with Crippen LogP contribution in [0.25, 0.3) is 0 Å². The third-order valence-electron chi connectivity index (χ3n) is 1.49. The quantitative estimate of drug-likeness (QED) is 0.581. The summed E-state index contributed by atoms with van der Waals surface area (Å²) in [5, 5.41) is 17.0. The number of hydrogen-bond donors (Lipinski definition) is 1. The second-order valence-electron chi connectivity index (χ2n) is 2.31. The molecule has 0 aliphatic carbocycles. The Bertz CT molecular complexity index is 262. The zero-order valence-corrected chi connectivity index (χ0v) is 6.12. The fraction of sp³-hybridized carbons (Fsp3) is 0.125. The number of benzene rings is 1. The van der Waals surface area contributed by atoms with Crippen molar-refractivity contribution in [2.45, 2.75) is 6.42 Å². The van der Waals surface area contributed by atoms with Crippen LogP contribution in [0, 0.1) is 11.3 Å². The highest BCUT2D eigenvalue weighted by Gasteiger charge is 1.92. The van der Waals surface area contributed by atoms with Gasteiger partial charge in [0.1, 0.15) is 0 Å². The Morgan fingerprint density at radius 2 is 2.00 bits per heavy atom. The van der Waals surface area contributed by atoms with Crippen LogP contribution in [0.4, 0.5) is 0 Å². The van der Waals surface area contributed by atoms with Crippen molar-refractivity contribution in [1.82, 2.24) is 0 Å². The van der Waals surface area contributed by atoms with E-state index >= 15 is 0 Å². The van der Waals surface area contributed by atoms with Gasteiger partial charge in [0.05, 0.1) is 12.5 Å². The Kier molecular flexibility index (Phi) is 2.70. The van der Waals surface area contributed by atoms with Gasteiger partial charge < -0.3 is 5.02 Å². The van der Waals surface area contributed by atoms with Crippen molar-refractivity contribution >= 4 is 12.9 Å². The van der Waals surface area contributed by atoms with Crippen molar-refractivity contribution in [3.8, 4) is 6.07 Å². The minimum Gasteiger partial charge on any atom is -0.449 e. The van der Waals surface area contributed by atoms with Crippen molar-refractivity contribution in [1.29, 1.82) is 5.26 Å². The van der Waals surface area contributed by atoms with E-state index in [1.807, 2.05) is 24.3 Å². The standard InChI is InChI=1S/C8H8BNO/c10-6-5-7-1-3-8(9-11)4-2-7/h1-4,9,11H,5H2. The maximum atomic E-state index is 8.69. The number of rotatable bonds is 2. The van der Waals surface area contributed by atoms with Gasteiger partial charge in [0.2, 0.25) is 0 Å². The fourth-order valence-electron chi connectivity index (χ4n) is 0.854. The van der Waals surface area contributed by atoms with Crippen LogP contribution < -0.4 is 5.46 Å². The smallest absolute Gasteiger partial charge is 0.304 e. The first-order chi connectivity index (χ1) is 5.36. The molecule has 0 fully saturated rings. The molecule has 0 saturated heterocycles. The Balaban J connectivity index is 2.76. The Hall–Kier alpha value is -1.27. The second kappa shape index (κ2) is 3.79. The van der Waals surface area contributed by atoms with Crippen LogP contribution in [0.2, 0.25) is 0 Å².